The van der Waals surface area contributed by atoms with Crippen LogP contribution in [0.4, 0.5) is 24.5 Å². The summed E-state index contributed by atoms with van der Waals surface area (Å²) in [5.74, 6) is -0.889. The van der Waals surface area contributed by atoms with Gasteiger partial charge in [-0.1, -0.05) is 36.2 Å². The molecular weight excluding hydrogens is 591 g/mol. The monoisotopic (exact) mass is 615 g/mol. The molecular formula is C26H25ClF3N3O5S2. The molecule has 1 amide bonds. The lowest BCUT2D eigenvalue weighted by atomic mass is 10.2. The fraction of sp³-hybridized carbons (Fsp3) is 0.269. The molecule has 0 bridgehead atoms. The van der Waals surface area contributed by atoms with Gasteiger partial charge in [0.25, 0.3) is 10.0 Å². The Morgan fingerprint density at radius 2 is 1.50 bits per heavy atom. The molecule has 1 aliphatic heterocycles. The summed E-state index contributed by atoms with van der Waals surface area (Å²) < 4.78 is 94.9. The molecule has 0 unspecified atom stereocenters. The van der Waals surface area contributed by atoms with E-state index in [1.54, 1.807) is 6.07 Å². The van der Waals surface area contributed by atoms with Gasteiger partial charge in [-0.15, -0.1) is 0 Å². The minimum atomic E-state index is -4.79. The maximum absolute atomic E-state index is 13.5. The predicted molar refractivity (Wildman–Crippen MR) is 145 cm³/mol. The Morgan fingerprint density at radius 1 is 0.875 bits per heavy atom. The van der Waals surface area contributed by atoms with Crippen molar-refractivity contribution in [2.75, 3.05) is 29.3 Å². The number of rotatable bonds is 8. The smallest absolute Gasteiger partial charge is 0.325 e. The Labute approximate surface area is 235 Å². The number of alkyl halides is 3. The maximum Gasteiger partial charge on any atom is 0.416 e. The van der Waals surface area contributed by atoms with Gasteiger partial charge < -0.3 is 5.32 Å². The minimum Gasteiger partial charge on any atom is -0.325 e. The Morgan fingerprint density at radius 3 is 2.10 bits per heavy atom. The molecule has 1 saturated heterocycles. The number of amides is 1. The quantitative estimate of drug-likeness (QED) is 0.367. The van der Waals surface area contributed by atoms with E-state index in [1.165, 1.54) is 52.8 Å². The third-order valence-corrected chi connectivity index (χ3v) is 10.3. The van der Waals surface area contributed by atoms with Gasteiger partial charge >= 0.3 is 6.18 Å². The van der Waals surface area contributed by atoms with Gasteiger partial charge in [0.15, 0.2) is 0 Å². The molecule has 1 fully saturated rings. The lowest BCUT2D eigenvalue weighted by Gasteiger charge is -2.26. The van der Waals surface area contributed by atoms with Gasteiger partial charge in [-0.25, -0.2) is 16.8 Å². The molecule has 0 aromatic heterocycles. The number of carbonyl (C=O) groups excluding carboxylic acids is 1. The van der Waals surface area contributed by atoms with Crippen molar-refractivity contribution in [2.24, 2.45) is 0 Å². The lowest BCUT2D eigenvalue weighted by molar-refractivity contribution is -0.137. The lowest BCUT2D eigenvalue weighted by Crippen LogP contribution is -2.38. The number of benzene rings is 3. The highest BCUT2D eigenvalue weighted by Crippen LogP contribution is 2.37. The molecule has 14 heteroatoms. The van der Waals surface area contributed by atoms with Crippen molar-refractivity contribution in [2.45, 2.75) is 35.2 Å². The Bertz CT molecular complexity index is 1580. The largest absolute Gasteiger partial charge is 0.416 e. The zero-order valence-corrected chi connectivity index (χ0v) is 23.3. The van der Waals surface area contributed by atoms with E-state index < -0.39 is 49.9 Å². The van der Waals surface area contributed by atoms with Crippen molar-refractivity contribution < 1.29 is 34.8 Å². The summed E-state index contributed by atoms with van der Waals surface area (Å²) in [5.41, 5.74) is -1.51. The van der Waals surface area contributed by atoms with Crippen molar-refractivity contribution in [3.8, 4) is 0 Å². The molecule has 0 atom stereocenters. The molecule has 0 spiro atoms. The molecule has 40 heavy (non-hydrogen) atoms. The van der Waals surface area contributed by atoms with E-state index in [4.69, 9.17) is 11.6 Å². The van der Waals surface area contributed by atoms with Gasteiger partial charge in [-0.2, -0.15) is 17.5 Å². The summed E-state index contributed by atoms with van der Waals surface area (Å²) in [6.45, 7) is -0.0681. The van der Waals surface area contributed by atoms with Crippen LogP contribution in [0.2, 0.25) is 5.02 Å². The number of piperidine rings is 1. The molecule has 0 radical (unpaired) electrons. The van der Waals surface area contributed by atoms with E-state index in [9.17, 15) is 34.8 Å². The maximum atomic E-state index is 13.5. The molecule has 8 nitrogen and oxygen atoms in total. The molecule has 1 heterocycles. The molecule has 3 aromatic rings. The van der Waals surface area contributed by atoms with Crippen LogP contribution in [0.3, 0.4) is 0 Å². The van der Waals surface area contributed by atoms with E-state index in [-0.39, 0.29) is 20.5 Å². The number of anilines is 2. The van der Waals surface area contributed by atoms with Crippen LogP contribution >= 0.6 is 11.6 Å². The van der Waals surface area contributed by atoms with Crippen LogP contribution in [-0.4, -0.2) is 46.7 Å². The summed E-state index contributed by atoms with van der Waals surface area (Å²) in [7, 11) is -8.24. The van der Waals surface area contributed by atoms with Gasteiger partial charge in [0.2, 0.25) is 15.9 Å². The first kappa shape index (κ1) is 29.8. The average Bonchev–Trinajstić information content (AvgIpc) is 2.93. The Kier molecular flexibility index (Phi) is 8.78. The van der Waals surface area contributed by atoms with Crippen molar-refractivity contribution in [3.63, 3.8) is 0 Å². The van der Waals surface area contributed by atoms with E-state index in [0.717, 1.165) is 25.3 Å². The summed E-state index contributed by atoms with van der Waals surface area (Å²) >= 11 is 6.14. The second-order valence-corrected chi connectivity index (χ2v) is 13.2. The van der Waals surface area contributed by atoms with Crippen LogP contribution in [0.5, 0.6) is 0 Å². The number of carbonyl (C=O) groups is 1. The highest BCUT2D eigenvalue weighted by Gasteiger charge is 2.34. The molecule has 214 valence electrons. The molecule has 0 saturated carbocycles. The fourth-order valence-corrected chi connectivity index (χ4v) is 7.43. The molecule has 1 N–H and O–H groups in total. The van der Waals surface area contributed by atoms with Crippen molar-refractivity contribution in [1.82, 2.24) is 4.31 Å². The topological polar surface area (TPSA) is 104 Å². The van der Waals surface area contributed by atoms with Gasteiger partial charge in [-0.3, -0.25) is 9.10 Å². The van der Waals surface area contributed by atoms with Crippen LogP contribution in [-0.2, 0) is 31.0 Å². The number of sulfonamides is 2. The summed E-state index contributed by atoms with van der Waals surface area (Å²) in [6, 6.07) is 14.4. The highest BCUT2D eigenvalue weighted by atomic mass is 35.5. The summed E-state index contributed by atoms with van der Waals surface area (Å²) in [6.07, 6.45) is -2.29. The van der Waals surface area contributed by atoms with E-state index >= 15 is 0 Å². The third-order valence-electron chi connectivity index (χ3n) is 6.25. The van der Waals surface area contributed by atoms with Gasteiger partial charge in [0, 0.05) is 18.8 Å². The van der Waals surface area contributed by atoms with Gasteiger partial charge in [0.1, 0.15) is 6.54 Å². The van der Waals surface area contributed by atoms with Crippen molar-refractivity contribution in [1.29, 1.82) is 0 Å². The highest BCUT2D eigenvalue weighted by molar-refractivity contribution is 7.93. The zero-order valence-electron chi connectivity index (χ0n) is 20.9. The second kappa shape index (κ2) is 11.8. The third kappa shape index (κ3) is 6.60. The first-order chi connectivity index (χ1) is 18.8. The molecule has 3 aromatic carbocycles. The number of hydrogen-bond donors (Lipinski definition) is 1. The van der Waals surface area contributed by atoms with Crippen LogP contribution in [0.1, 0.15) is 24.8 Å². The Hall–Kier alpha value is -3.13. The second-order valence-electron chi connectivity index (χ2n) is 9.03. The molecule has 0 aliphatic carbocycles. The van der Waals surface area contributed by atoms with E-state index in [2.05, 4.69) is 5.32 Å². The minimum absolute atomic E-state index is 0.0384. The average molecular weight is 616 g/mol. The first-order valence-electron chi connectivity index (χ1n) is 12.1. The zero-order chi connectivity index (χ0) is 29.1. The molecule has 4 rings (SSSR count). The number of nitrogens with one attached hydrogen (secondary N) is 1. The standard InChI is InChI=1S/C26H25ClF3N3O5S2/c27-23-14-9-19(26(28,29)30)17-24(23)33(40(37,38)21-7-3-1-4-8-21)18-25(34)31-20-10-12-22(13-11-20)39(35,36)32-15-5-2-6-16-32/h1,3-4,7-14,17H,2,5-6,15-16,18H2,(H,31,34). The van der Waals surface area contributed by atoms with Crippen molar-refractivity contribution in [3.05, 3.63) is 83.4 Å². The van der Waals surface area contributed by atoms with Gasteiger partial charge in [-0.05, 0) is 67.4 Å². The van der Waals surface area contributed by atoms with Crippen LogP contribution in [0.15, 0.2) is 82.6 Å². The molecule has 1 aliphatic rings. The van der Waals surface area contributed by atoms with E-state index in [0.29, 0.717) is 29.5 Å². The van der Waals surface area contributed by atoms with E-state index in [1.807, 2.05) is 0 Å². The summed E-state index contributed by atoms with van der Waals surface area (Å²) in [4.78, 5) is 12.8. The predicted octanol–water partition coefficient (Wildman–Crippen LogP) is 5.37. The summed E-state index contributed by atoms with van der Waals surface area (Å²) in [5, 5.41) is 2.16. The number of nitrogens with zero attached hydrogens (tertiary/aromatic N) is 2. The number of hydrogen-bond acceptors (Lipinski definition) is 5. The Balaban J connectivity index is 1.61. The van der Waals surface area contributed by atoms with Gasteiger partial charge in [0.05, 0.1) is 26.1 Å². The first-order valence-corrected chi connectivity index (χ1v) is 15.4. The fourth-order valence-electron chi connectivity index (χ4n) is 4.19. The number of halogens is 4. The SMILES string of the molecule is O=C(CN(c1cc(C(F)(F)F)ccc1Cl)S(=O)(=O)c1ccccc1)Nc1ccc(S(=O)(=O)N2CCCCC2)cc1. The van der Waals surface area contributed by atoms with Crippen LogP contribution in [0, 0.1) is 0 Å². The van der Waals surface area contributed by atoms with Crippen molar-refractivity contribution >= 4 is 48.9 Å². The normalized spacial score (nSPS) is 15.0. The van der Waals surface area contributed by atoms with Crippen LogP contribution < -0.4 is 9.62 Å². The van der Waals surface area contributed by atoms with Crippen LogP contribution in [0.25, 0.3) is 0 Å².